The molecular weight excluding hydrogens is 188 g/mol. The molecule has 0 aliphatic carbocycles. The normalized spacial score (nSPS) is 23.2. The van der Waals surface area contributed by atoms with Crippen LogP contribution in [-0.4, -0.2) is 48.9 Å². The van der Waals surface area contributed by atoms with Gasteiger partial charge in [0.25, 0.3) is 5.91 Å². The highest BCUT2D eigenvalue weighted by Gasteiger charge is 2.26. The van der Waals surface area contributed by atoms with E-state index in [0.717, 1.165) is 19.5 Å². The van der Waals surface area contributed by atoms with Gasteiger partial charge in [-0.25, -0.2) is 0 Å². The topological polar surface area (TPSA) is 23.6 Å². The van der Waals surface area contributed by atoms with Crippen LogP contribution in [0.15, 0.2) is 11.6 Å². The fraction of sp³-hybridized carbons (Fsp3) is 0.667. The molecule has 1 heterocycles. The first-order valence-corrected chi connectivity index (χ1v) is 4.70. The van der Waals surface area contributed by atoms with Crippen molar-refractivity contribution in [1.29, 1.82) is 0 Å². The average molecular weight is 203 g/mol. The zero-order valence-corrected chi connectivity index (χ0v) is 8.84. The van der Waals surface area contributed by atoms with Crippen molar-refractivity contribution >= 4 is 17.5 Å². The molecular formula is C9H15ClN2O. The van der Waals surface area contributed by atoms with Crippen LogP contribution in [0.2, 0.25) is 0 Å². The van der Waals surface area contributed by atoms with E-state index >= 15 is 0 Å². The molecule has 0 N–H and O–H groups in total. The molecule has 0 bridgehead atoms. The zero-order chi connectivity index (χ0) is 10.0. The van der Waals surface area contributed by atoms with Crippen LogP contribution in [0.4, 0.5) is 0 Å². The molecule has 1 unspecified atom stereocenters. The third kappa shape index (κ3) is 2.45. The van der Waals surface area contributed by atoms with E-state index in [2.05, 4.69) is 11.5 Å². The minimum Gasteiger partial charge on any atom is -0.337 e. The van der Waals surface area contributed by atoms with E-state index < -0.39 is 0 Å². The molecule has 1 aliphatic rings. The molecule has 1 amide bonds. The third-order valence-electron chi connectivity index (χ3n) is 2.47. The van der Waals surface area contributed by atoms with Crippen molar-refractivity contribution in [3.63, 3.8) is 0 Å². The molecule has 0 aromatic rings. The Morgan fingerprint density at radius 1 is 1.69 bits per heavy atom. The molecule has 1 rings (SSSR count). The second kappa shape index (κ2) is 4.11. The van der Waals surface area contributed by atoms with Gasteiger partial charge >= 0.3 is 0 Å². The van der Waals surface area contributed by atoms with Crippen LogP contribution in [0.5, 0.6) is 0 Å². The molecule has 1 atom stereocenters. The highest BCUT2D eigenvalue weighted by Crippen LogP contribution is 2.15. The summed E-state index contributed by atoms with van der Waals surface area (Å²) in [6, 6.07) is 0.285. The van der Waals surface area contributed by atoms with Crippen molar-refractivity contribution in [1.82, 2.24) is 9.80 Å². The van der Waals surface area contributed by atoms with Crippen LogP contribution in [0, 0.1) is 0 Å². The summed E-state index contributed by atoms with van der Waals surface area (Å²) < 4.78 is 0. The third-order valence-corrected chi connectivity index (χ3v) is 2.63. The summed E-state index contributed by atoms with van der Waals surface area (Å²) in [7, 11) is 3.83. The number of halogens is 1. The second-order valence-corrected chi connectivity index (χ2v) is 3.98. The molecule has 4 heteroatoms. The number of rotatable bonds is 2. The quantitative estimate of drug-likeness (QED) is 0.622. The van der Waals surface area contributed by atoms with Gasteiger partial charge in [0.15, 0.2) is 0 Å². The van der Waals surface area contributed by atoms with Crippen molar-refractivity contribution in [3.05, 3.63) is 11.6 Å². The van der Waals surface area contributed by atoms with Gasteiger partial charge < -0.3 is 9.80 Å². The molecule has 3 nitrogen and oxygen atoms in total. The molecule has 0 aromatic heterocycles. The molecule has 0 saturated carbocycles. The smallest absolute Gasteiger partial charge is 0.264 e. The fourth-order valence-corrected chi connectivity index (χ4v) is 1.72. The molecule has 0 radical (unpaired) electrons. The number of likely N-dealkylation sites (tertiary alicyclic amines) is 1. The average Bonchev–Trinajstić information content (AvgIpc) is 2.49. The monoisotopic (exact) mass is 202 g/mol. The summed E-state index contributed by atoms with van der Waals surface area (Å²) in [6.45, 7) is 5.39. The van der Waals surface area contributed by atoms with Gasteiger partial charge in [0.2, 0.25) is 0 Å². The van der Waals surface area contributed by atoms with Crippen LogP contribution in [0.1, 0.15) is 6.42 Å². The number of hydrogen-bond donors (Lipinski definition) is 0. The highest BCUT2D eigenvalue weighted by atomic mass is 35.5. The summed E-state index contributed by atoms with van der Waals surface area (Å²) in [6.07, 6.45) is 1.02. The summed E-state index contributed by atoms with van der Waals surface area (Å²) in [4.78, 5) is 15.3. The number of likely N-dealkylation sites (N-methyl/N-ethyl adjacent to an activating group) is 2. The molecule has 13 heavy (non-hydrogen) atoms. The maximum Gasteiger partial charge on any atom is 0.264 e. The van der Waals surface area contributed by atoms with Gasteiger partial charge in [-0.3, -0.25) is 4.79 Å². The van der Waals surface area contributed by atoms with E-state index in [1.807, 2.05) is 7.05 Å². The molecule has 0 aromatic carbocycles. The van der Waals surface area contributed by atoms with Gasteiger partial charge in [0.05, 0.1) is 5.03 Å². The van der Waals surface area contributed by atoms with Crippen LogP contribution < -0.4 is 0 Å². The Morgan fingerprint density at radius 2 is 2.31 bits per heavy atom. The predicted molar refractivity (Wildman–Crippen MR) is 53.7 cm³/mol. The van der Waals surface area contributed by atoms with Crippen molar-refractivity contribution in [2.45, 2.75) is 12.5 Å². The van der Waals surface area contributed by atoms with E-state index in [1.165, 1.54) is 0 Å². The summed E-state index contributed by atoms with van der Waals surface area (Å²) in [5, 5.41) is 0.0945. The van der Waals surface area contributed by atoms with Crippen molar-refractivity contribution in [2.75, 3.05) is 27.2 Å². The lowest BCUT2D eigenvalue weighted by molar-refractivity contribution is -0.126. The molecule has 74 valence electrons. The maximum absolute atomic E-state index is 11.4. The van der Waals surface area contributed by atoms with Crippen LogP contribution >= 0.6 is 11.6 Å². The lowest BCUT2D eigenvalue weighted by Gasteiger charge is -2.23. The lowest BCUT2D eigenvalue weighted by atomic mass is 10.2. The van der Waals surface area contributed by atoms with Gasteiger partial charge in [-0.15, -0.1) is 0 Å². The van der Waals surface area contributed by atoms with E-state index in [0.29, 0.717) is 0 Å². The largest absolute Gasteiger partial charge is 0.337 e. The Balaban J connectivity index is 2.53. The summed E-state index contributed by atoms with van der Waals surface area (Å²) >= 11 is 5.54. The van der Waals surface area contributed by atoms with Crippen molar-refractivity contribution in [3.8, 4) is 0 Å². The van der Waals surface area contributed by atoms with Crippen LogP contribution in [-0.2, 0) is 4.79 Å². The Labute approximate surface area is 83.9 Å². The summed E-state index contributed by atoms with van der Waals surface area (Å²) in [5.74, 6) is -0.165. The Hall–Kier alpha value is -0.540. The standard InChI is InChI=1S/C9H15ClN2O/c1-7(10)9(13)12(3)8-4-5-11(2)6-8/h8H,1,4-6H2,2-3H3. The molecule has 1 saturated heterocycles. The molecule has 1 fully saturated rings. The Kier molecular flexibility index (Phi) is 3.33. The van der Waals surface area contributed by atoms with Gasteiger partial charge in [-0.1, -0.05) is 18.2 Å². The van der Waals surface area contributed by atoms with Gasteiger partial charge in [-0.05, 0) is 20.0 Å². The van der Waals surface area contributed by atoms with Gasteiger partial charge in [-0.2, -0.15) is 0 Å². The zero-order valence-electron chi connectivity index (χ0n) is 8.09. The molecule has 1 aliphatic heterocycles. The van der Waals surface area contributed by atoms with Crippen LogP contribution in [0.25, 0.3) is 0 Å². The SMILES string of the molecule is C=C(Cl)C(=O)N(C)C1CCN(C)C1. The summed E-state index contributed by atoms with van der Waals surface area (Å²) in [5.41, 5.74) is 0. The lowest BCUT2D eigenvalue weighted by Crippen LogP contribution is -2.38. The first kappa shape index (κ1) is 10.5. The van der Waals surface area contributed by atoms with Gasteiger partial charge in [0.1, 0.15) is 0 Å². The van der Waals surface area contributed by atoms with E-state index in [1.54, 1.807) is 11.9 Å². The minimum absolute atomic E-state index is 0.0945. The minimum atomic E-state index is -0.165. The first-order valence-electron chi connectivity index (χ1n) is 4.32. The fourth-order valence-electron chi connectivity index (χ4n) is 1.59. The maximum atomic E-state index is 11.4. The Morgan fingerprint density at radius 3 is 2.69 bits per heavy atom. The number of carbonyl (C=O) groups is 1. The van der Waals surface area contributed by atoms with E-state index in [9.17, 15) is 4.79 Å². The highest BCUT2D eigenvalue weighted by molar-refractivity contribution is 6.41. The Bertz CT molecular complexity index is 230. The van der Waals surface area contributed by atoms with E-state index in [4.69, 9.17) is 11.6 Å². The predicted octanol–water partition coefficient (Wildman–Crippen LogP) is 0.901. The second-order valence-electron chi connectivity index (χ2n) is 3.53. The number of carbonyl (C=O) groups excluding carboxylic acids is 1. The van der Waals surface area contributed by atoms with Crippen LogP contribution in [0.3, 0.4) is 0 Å². The van der Waals surface area contributed by atoms with Crippen molar-refractivity contribution < 1.29 is 4.79 Å². The number of nitrogens with zero attached hydrogens (tertiary/aromatic N) is 2. The van der Waals surface area contributed by atoms with Crippen molar-refractivity contribution in [2.24, 2.45) is 0 Å². The molecule has 0 spiro atoms. The first-order chi connectivity index (χ1) is 6.02. The number of hydrogen-bond acceptors (Lipinski definition) is 2. The van der Waals surface area contributed by atoms with Gasteiger partial charge in [0, 0.05) is 19.6 Å². The number of amides is 1. The van der Waals surface area contributed by atoms with E-state index in [-0.39, 0.29) is 17.0 Å².